The van der Waals surface area contributed by atoms with Crippen LogP contribution in [0.4, 0.5) is 0 Å². The van der Waals surface area contributed by atoms with Crippen molar-refractivity contribution in [3.05, 3.63) is 35.9 Å². The van der Waals surface area contributed by atoms with Crippen molar-refractivity contribution in [3.63, 3.8) is 0 Å². The Kier molecular flexibility index (Phi) is 18.6. The summed E-state index contributed by atoms with van der Waals surface area (Å²) in [7, 11) is 8.22. The van der Waals surface area contributed by atoms with Gasteiger partial charge in [-0.25, -0.2) is 0 Å². The summed E-state index contributed by atoms with van der Waals surface area (Å²) in [5.41, 5.74) is 1.14. The van der Waals surface area contributed by atoms with Crippen LogP contribution < -0.4 is 16.0 Å². The first-order valence-electron chi connectivity index (χ1n) is 18.6. The number of methoxy groups -OCH3 is 3. The quantitative estimate of drug-likeness (QED) is 0.176. The lowest BCUT2D eigenvalue weighted by molar-refractivity contribution is -0.147. The fourth-order valence-electron chi connectivity index (χ4n) is 7.34. The maximum atomic E-state index is 14.3. The molecular weight excluding hydrogens is 650 g/mol. The van der Waals surface area contributed by atoms with E-state index in [1.807, 2.05) is 78.8 Å². The van der Waals surface area contributed by atoms with Gasteiger partial charge in [-0.2, -0.15) is 0 Å². The molecule has 0 saturated carbocycles. The van der Waals surface area contributed by atoms with E-state index in [1.165, 1.54) is 0 Å². The standard InChI is InChI=1S/C39H67N5O7/c1-13-26(6)35(43(9)39(48)34(25(4)5)42-38(47)33(40-8)24(2)3)31(50-11)22-32(45)44-23-29(49-10)21-30(44)36(51-12)27(7)37(46)41-20-19-28-17-15-14-16-18-28/h14-18,24-27,29-31,33-36,40H,13,19-23H2,1-12H3,(H,41,46)(H,42,47)/t26-,27+,29-,30-,31+,33-,34-,35?,36+/m0/s1. The van der Waals surface area contributed by atoms with Crippen LogP contribution >= 0.6 is 0 Å². The van der Waals surface area contributed by atoms with E-state index in [0.29, 0.717) is 25.9 Å². The molecule has 3 N–H and O–H groups in total. The number of nitrogens with one attached hydrogen (secondary N) is 3. The minimum atomic E-state index is -0.759. The van der Waals surface area contributed by atoms with E-state index in [2.05, 4.69) is 16.0 Å². The highest BCUT2D eigenvalue weighted by Gasteiger charge is 2.45. The predicted molar refractivity (Wildman–Crippen MR) is 200 cm³/mol. The molecule has 2 rings (SSSR count). The van der Waals surface area contributed by atoms with Gasteiger partial charge in [0.05, 0.1) is 48.8 Å². The van der Waals surface area contributed by atoms with Gasteiger partial charge in [0.25, 0.3) is 0 Å². The summed E-state index contributed by atoms with van der Waals surface area (Å²) in [4.78, 5) is 58.4. The number of nitrogens with zero attached hydrogens (tertiary/aromatic N) is 2. The molecule has 1 fully saturated rings. The number of rotatable bonds is 21. The number of amides is 4. The first-order valence-corrected chi connectivity index (χ1v) is 18.6. The zero-order valence-electron chi connectivity index (χ0n) is 33.2. The van der Waals surface area contributed by atoms with Crippen molar-refractivity contribution in [1.29, 1.82) is 0 Å². The number of likely N-dealkylation sites (tertiary alicyclic amines) is 1. The number of benzene rings is 1. The van der Waals surface area contributed by atoms with Gasteiger partial charge in [0.15, 0.2) is 0 Å². The summed E-state index contributed by atoms with van der Waals surface area (Å²) in [6, 6.07) is 7.92. The van der Waals surface area contributed by atoms with E-state index in [-0.39, 0.29) is 53.9 Å². The minimum Gasteiger partial charge on any atom is -0.380 e. The Labute approximate surface area is 307 Å². The number of likely N-dealkylation sites (N-methyl/N-ethyl adjacent to an activating group) is 2. The number of hydrogen-bond donors (Lipinski definition) is 3. The Hall–Kier alpha value is -3.06. The normalized spacial score (nSPS) is 20.3. The molecule has 1 aliphatic heterocycles. The number of carbonyl (C=O) groups excluding carboxylic acids is 4. The van der Waals surface area contributed by atoms with Crippen molar-refractivity contribution in [3.8, 4) is 0 Å². The average molecular weight is 718 g/mol. The van der Waals surface area contributed by atoms with Crippen LogP contribution in [0.15, 0.2) is 30.3 Å². The molecule has 51 heavy (non-hydrogen) atoms. The Morgan fingerprint density at radius 2 is 1.55 bits per heavy atom. The van der Waals surface area contributed by atoms with Crippen LogP contribution in [-0.2, 0) is 39.8 Å². The summed E-state index contributed by atoms with van der Waals surface area (Å²) >= 11 is 0. The SMILES string of the molecule is CC[C@H](C)C([C@@H](CC(=O)N1C[C@@H](OC)C[C@H]1[C@H](OC)[C@@H](C)C(=O)NCCc1ccccc1)OC)N(C)C(=O)[C@@H](NC(=O)[C@@H](NC)C(C)C)C(C)C. The molecule has 1 aliphatic rings. The van der Waals surface area contributed by atoms with E-state index in [4.69, 9.17) is 14.2 Å². The number of carbonyl (C=O) groups is 4. The smallest absolute Gasteiger partial charge is 0.245 e. The van der Waals surface area contributed by atoms with Crippen LogP contribution in [0.1, 0.15) is 73.3 Å². The Balaban J connectivity index is 2.28. The van der Waals surface area contributed by atoms with Gasteiger partial charge in [-0.05, 0) is 43.2 Å². The third-order valence-corrected chi connectivity index (χ3v) is 10.6. The zero-order chi connectivity index (χ0) is 38.4. The highest BCUT2D eigenvalue weighted by Crippen LogP contribution is 2.30. The maximum absolute atomic E-state index is 14.3. The highest BCUT2D eigenvalue weighted by atomic mass is 16.5. The van der Waals surface area contributed by atoms with Crippen molar-refractivity contribution in [1.82, 2.24) is 25.8 Å². The van der Waals surface area contributed by atoms with Gasteiger partial charge >= 0.3 is 0 Å². The minimum absolute atomic E-state index is 0.0119. The first-order chi connectivity index (χ1) is 24.2. The monoisotopic (exact) mass is 718 g/mol. The molecular formula is C39H67N5O7. The van der Waals surface area contributed by atoms with Gasteiger partial charge in [0.2, 0.25) is 23.6 Å². The Morgan fingerprint density at radius 3 is 2.06 bits per heavy atom. The summed E-state index contributed by atoms with van der Waals surface area (Å²) in [5.74, 6) is -1.46. The summed E-state index contributed by atoms with van der Waals surface area (Å²) in [6.07, 6.45) is 0.567. The lowest BCUT2D eigenvalue weighted by Crippen LogP contribution is -2.59. The van der Waals surface area contributed by atoms with Crippen LogP contribution in [-0.4, -0.2) is 124 Å². The van der Waals surface area contributed by atoms with Gasteiger partial charge in [-0.1, -0.05) is 85.2 Å². The van der Waals surface area contributed by atoms with E-state index in [0.717, 1.165) is 12.0 Å². The fraction of sp³-hybridized carbons (Fsp3) is 0.744. The molecule has 12 heteroatoms. The van der Waals surface area contributed by atoms with Gasteiger partial charge in [0.1, 0.15) is 6.04 Å². The molecule has 290 valence electrons. The van der Waals surface area contributed by atoms with Crippen molar-refractivity contribution in [2.75, 3.05) is 48.5 Å². The van der Waals surface area contributed by atoms with Crippen molar-refractivity contribution in [2.45, 2.75) is 117 Å². The van der Waals surface area contributed by atoms with Crippen LogP contribution in [0.3, 0.4) is 0 Å². The summed E-state index contributed by atoms with van der Waals surface area (Å²) in [5, 5.41) is 9.08. The summed E-state index contributed by atoms with van der Waals surface area (Å²) in [6.45, 7) is 14.5. The number of ether oxygens (including phenoxy) is 3. The molecule has 0 aliphatic carbocycles. The zero-order valence-corrected chi connectivity index (χ0v) is 33.2. The van der Waals surface area contributed by atoms with Crippen LogP contribution in [0.25, 0.3) is 0 Å². The molecule has 1 unspecified atom stereocenters. The topological polar surface area (TPSA) is 139 Å². The predicted octanol–water partition coefficient (Wildman–Crippen LogP) is 3.28. The molecule has 0 bridgehead atoms. The molecule has 0 spiro atoms. The van der Waals surface area contributed by atoms with Gasteiger partial charge in [-0.3, -0.25) is 19.2 Å². The molecule has 1 aromatic rings. The summed E-state index contributed by atoms with van der Waals surface area (Å²) < 4.78 is 17.7. The molecule has 12 nitrogen and oxygen atoms in total. The lowest BCUT2D eigenvalue weighted by atomic mass is 9.89. The Morgan fingerprint density at radius 1 is 0.922 bits per heavy atom. The molecule has 0 radical (unpaired) electrons. The van der Waals surface area contributed by atoms with E-state index in [9.17, 15) is 19.2 Å². The van der Waals surface area contributed by atoms with Crippen molar-refractivity contribution < 1.29 is 33.4 Å². The molecule has 1 aromatic carbocycles. The fourth-order valence-corrected chi connectivity index (χ4v) is 7.34. The van der Waals surface area contributed by atoms with Crippen molar-refractivity contribution >= 4 is 23.6 Å². The third-order valence-electron chi connectivity index (χ3n) is 10.6. The van der Waals surface area contributed by atoms with E-state index in [1.54, 1.807) is 45.2 Å². The second kappa shape index (κ2) is 21.5. The van der Waals surface area contributed by atoms with Gasteiger partial charge in [0, 0.05) is 41.5 Å². The first kappa shape index (κ1) is 44.1. The molecule has 4 amide bonds. The Bertz CT molecular complexity index is 1230. The molecule has 0 aromatic heterocycles. The maximum Gasteiger partial charge on any atom is 0.245 e. The van der Waals surface area contributed by atoms with Gasteiger partial charge < -0.3 is 40.0 Å². The largest absolute Gasteiger partial charge is 0.380 e. The second-order valence-corrected chi connectivity index (χ2v) is 14.8. The van der Waals surface area contributed by atoms with Crippen LogP contribution in [0.5, 0.6) is 0 Å². The van der Waals surface area contributed by atoms with Crippen LogP contribution in [0.2, 0.25) is 0 Å². The van der Waals surface area contributed by atoms with Crippen molar-refractivity contribution in [2.24, 2.45) is 23.7 Å². The lowest BCUT2D eigenvalue weighted by Gasteiger charge is -2.41. The van der Waals surface area contributed by atoms with E-state index < -0.39 is 42.3 Å². The third kappa shape index (κ3) is 12.0. The van der Waals surface area contributed by atoms with Crippen LogP contribution in [0, 0.1) is 23.7 Å². The average Bonchev–Trinajstić information content (AvgIpc) is 3.54. The molecule has 1 saturated heterocycles. The molecule has 1 heterocycles. The molecule has 9 atom stereocenters. The second-order valence-electron chi connectivity index (χ2n) is 14.8. The highest BCUT2D eigenvalue weighted by molar-refractivity contribution is 5.90. The van der Waals surface area contributed by atoms with Gasteiger partial charge in [-0.15, -0.1) is 0 Å². The number of hydrogen-bond acceptors (Lipinski definition) is 8. The van der Waals surface area contributed by atoms with E-state index >= 15 is 0 Å².